The number of nitrogens with zero attached hydrogens (tertiary/aromatic N) is 3. The van der Waals surface area contributed by atoms with Gasteiger partial charge in [-0.15, -0.1) is 10.2 Å². The van der Waals surface area contributed by atoms with Crippen LogP contribution in [0.4, 0.5) is 0 Å². The van der Waals surface area contributed by atoms with Gasteiger partial charge in [0.25, 0.3) is 0 Å². The first-order chi connectivity index (χ1) is 14.1. The van der Waals surface area contributed by atoms with E-state index in [0.29, 0.717) is 10.8 Å². The largest absolute Gasteiger partial charge is 0.317 e. The summed E-state index contributed by atoms with van der Waals surface area (Å²) in [4.78, 5) is 0.306. The Bertz CT molecular complexity index is 1040. The Hall–Kier alpha value is -2.51. The lowest BCUT2D eigenvalue weighted by Crippen LogP contribution is -2.44. The van der Waals surface area contributed by atoms with E-state index in [9.17, 15) is 8.42 Å². The molecular formula is C22H26N4O2S. The molecular weight excluding hydrogens is 384 g/mol. The summed E-state index contributed by atoms with van der Waals surface area (Å²) >= 11 is 0. The van der Waals surface area contributed by atoms with E-state index in [-0.39, 0.29) is 12.1 Å². The molecule has 7 heteroatoms. The van der Waals surface area contributed by atoms with Gasteiger partial charge in [-0.2, -0.15) is 0 Å². The molecule has 1 aromatic heterocycles. The predicted molar refractivity (Wildman–Crippen MR) is 113 cm³/mol. The zero-order valence-electron chi connectivity index (χ0n) is 16.5. The molecule has 6 nitrogen and oxygen atoms in total. The first kappa shape index (κ1) is 19.8. The lowest BCUT2D eigenvalue weighted by Gasteiger charge is -2.36. The van der Waals surface area contributed by atoms with Crippen LogP contribution in [-0.4, -0.2) is 29.2 Å². The van der Waals surface area contributed by atoms with Crippen molar-refractivity contribution in [2.24, 2.45) is 5.92 Å². The van der Waals surface area contributed by atoms with E-state index < -0.39 is 10.0 Å². The van der Waals surface area contributed by atoms with Crippen LogP contribution in [0.1, 0.15) is 38.6 Å². The topological polar surface area (TPSA) is 76.9 Å². The van der Waals surface area contributed by atoms with Crippen molar-refractivity contribution >= 4 is 10.0 Å². The average molecular weight is 411 g/mol. The standard InChI is InChI=1S/C22H26N4O2S/c1-2-17-11-12-20(26-15-23-24-16-26)14-22(17)25-29(27,28)21-10-6-9-19(13-21)18-7-4-3-5-8-18/h3-10,13,15-17,20,22,25H,2,11-12,14H2,1H3/t17?,20-,22-/m0/s1. The maximum Gasteiger partial charge on any atom is 0.240 e. The molecule has 0 spiro atoms. The lowest BCUT2D eigenvalue weighted by atomic mass is 9.81. The third-order valence-corrected chi connectivity index (χ3v) is 7.39. The monoisotopic (exact) mass is 410 g/mol. The van der Waals surface area contributed by atoms with Crippen LogP contribution < -0.4 is 4.72 Å². The van der Waals surface area contributed by atoms with Gasteiger partial charge in [-0.05, 0) is 48.4 Å². The van der Waals surface area contributed by atoms with Crippen LogP contribution in [0.15, 0.2) is 72.1 Å². The summed E-state index contributed by atoms with van der Waals surface area (Å²) in [5, 5.41) is 7.79. The second kappa shape index (κ2) is 8.47. The van der Waals surface area contributed by atoms with Gasteiger partial charge in [0.2, 0.25) is 10.0 Å². The van der Waals surface area contributed by atoms with E-state index in [1.54, 1.807) is 30.9 Å². The molecule has 1 aliphatic rings. The summed E-state index contributed by atoms with van der Waals surface area (Å²) in [7, 11) is -3.62. The van der Waals surface area contributed by atoms with Crippen LogP contribution in [0.25, 0.3) is 11.1 Å². The third-order valence-electron chi connectivity index (χ3n) is 5.91. The number of rotatable bonds is 6. The summed E-state index contributed by atoms with van der Waals surface area (Å²) in [6.07, 6.45) is 7.12. The molecule has 4 rings (SSSR count). The van der Waals surface area contributed by atoms with Crippen LogP contribution >= 0.6 is 0 Å². The van der Waals surface area contributed by atoms with Crippen molar-refractivity contribution in [3.05, 3.63) is 67.3 Å². The predicted octanol–water partition coefficient (Wildman–Crippen LogP) is 4.04. The molecule has 0 bridgehead atoms. The smallest absolute Gasteiger partial charge is 0.240 e. The molecule has 1 aliphatic carbocycles. The zero-order valence-corrected chi connectivity index (χ0v) is 17.3. The number of hydrogen-bond donors (Lipinski definition) is 1. The molecule has 3 atom stereocenters. The molecule has 0 amide bonds. The fourth-order valence-corrected chi connectivity index (χ4v) is 5.62. The lowest BCUT2D eigenvalue weighted by molar-refractivity contribution is 0.220. The van der Waals surface area contributed by atoms with Gasteiger partial charge in [-0.1, -0.05) is 55.8 Å². The Morgan fingerprint density at radius 3 is 2.45 bits per heavy atom. The van der Waals surface area contributed by atoms with Crippen molar-refractivity contribution in [1.29, 1.82) is 0 Å². The van der Waals surface area contributed by atoms with E-state index >= 15 is 0 Å². The van der Waals surface area contributed by atoms with Crippen LogP contribution in [-0.2, 0) is 10.0 Å². The molecule has 1 fully saturated rings. The first-order valence-corrected chi connectivity index (χ1v) is 11.6. The van der Waals surface area contributed by atoms with Gasteiger partial charge in [0.05, 0.1) is 4.90 Å². The normalized spacial score (nSPS) is 22.4. The Labute approximate surface area is 172 Å². The van der Waals surface area contributed by atoms with Crippen LogP contribution in [0.2, 0.25) is 0 Å². The molecule has 0 aliphatic heterocycles. The molecule has 0 radical (unpaired) electrons. The van der Waals surface area contributed by atoms with Crippen molar-refractivity contribution in [2.75, 3.05) is 0 Å². The van der Waals surface area contributed by atoms with Crippen LogP contribution in [0, 0.1) is 5.92 Å². The fourth-order valence-electron chi connectivity index (χ4n) is 4.25. The number of aromatic nitrogens is 3. The SMILES string of the molecule is CCC1CC[C@H](n2cnnc2)C[C@@H]1NS(=O)(=O)c1cccc(-c2ccccc2)c1. The molecule has 1 N–H and O–H groups in total. The third kappa shape index (κ3) is 4.41. The number of nitrogens with one attached hydrogen (secondary N) is 1. The zero-order chi connectivity index (χ0) is 20.3. The maximum atomic E-state index is 13.2. The number of sulfonamides is 1. The molecule has 1 saturated carbocycles. The van der Waals surface area contributed by atoms with Gasteiger partial charge in [-0.3, -0.25) is 0 Å². The Morgan fingerprint density at radius 2 is 1.72 bits per heavy atom. The van der Waals surface area contributed by atoms with E-state index in [0.717, 1.165) is 36.8 Å². The second-order valence-corrected chi connectivity index (χ2v) is 9.38. The molecule has 29 heavy (non-hydrogen) atoms. The van der Waals surface area contributed by atoms with Crippen LogP contribution in [0.3, 0.4) is 0 Å². The second-order valence-electron chi connectivity index (χ2n) is 7.67. The highest BCUT2D eigenvalue weighted by atomic mass is 32.2. The minimum absolute atomic E-state index is 0.105. The summed E-state index contributed by atoms with van der Waals surface area (Å²) in [5.41, 5.74) is 1.90. The van der Waals surface area contributed by atoms with Gasteiger partial charge >= 0.3 is 0 Å². The highest BCUT2D eigenvalue weighted by Gasteiger charge is 2.33. The molecule has 1 unspecified atom stereocenters. The average Bonchev–Trinajstić information content (AvgIpc) is 3.29. The highest BCUT2D eigenvalue weighted by Crippen LogP contribution is 2.35. The molecule has 3 aromatic rings. The summed E-state index contributed by atoms with van der Waals surface area (Å²) in [5.74, 6) is 0.329. The van der Waals surface area contributed by atoms with E-state index in [4.69, 9.17) is 0 Å². The van der Waals surface area contributed by atoms with Gasteiger partial charge in [0.1, 0.15) is 12.7 Å². The van der Waals surface area contributed by atoms with Crippen molar-refractivity contribution in [3.8, 4) is 11.1 Å². The minimum atomic E-state index is -3.62. The summed E-state index contributed by atoms with van der Waals surface area (Å²) < 4.78 is 31.4. The van der Waals surface area contributed by atoms with Gasteiger partial charge < -0.3 is 4.57 Å². The van der Waals surface area contributed by atoms with Crippen molar-refractivity contribution < 1.29 is 8.42 Å². The summed E-state index contributed by atoms with van der Waals surface area (Å²) in [6, 6.07) is 17.1. The maximum absolute atomic E-state index is 13.2. The summed E-state index contributed by atoms with van der Waals surface area (Å²) in [6.45, 7) is 2.13. The number of hydrogen-bond acceptors (Lipinski definition) is 4. The van der Waals surface area contributed by atoms with Crippen molar-refractivity contribution in [2.45, 2.75) is 49.6 Å². The minimum Gasteiger partial charge on any atom is -0.317 e. The van der Waals surface area contributed by atoms with Gasteiger partial charge in [0.15, 0.2) is 0 Å². The fraction of sp³-hybridized carbons (Fsp3) is 0.364. The van der Waals surface area contributed by atoms with Gasteiger partial charge in [0, 0.05) is 12.1 Å². The van der Waals surface area contributed by atoms with Crippen molar-refractivity contribution in [1.82, 2.24) is 19.5 Å². The van der Waals surface area contributed by atoms with E-state index in [1.807, 2.05) is 41.0 Å². The first-order valence-electron chi connectivity index (χ1n) is 10.1. The van der Waals surface area contributed by atoms with E-state index in [2.05, 4.69) is 21.8 Å². The Balaban J connectivity index is 1.57. The van der Waals surface area contributed by atoms with Crippen molar-refractivity contribution in [3.63, 3.8) is 0 Å². The quantitative estimate of drug-likeness (QED) is 0.665. The Morgan fingerprint density at radius 1 is 1.00 bits per heavy atom. The Kier molecular flexibility index (Phi) is 5.78. The highest BCUT2D eigenvalue weighted by molar-refractivity contribution is 7.89. The molecule has 0 saturated heterocycles. The number of benzene rings is 2. The van der Waals surface area contributed by atoms with E-state index in [1.165, 1.54) is 0 Å². The molecule has 2 aromatic carbocycles. The molecule has 1 heterocycles. The van der Waals surface area contributed by atoms with Gasteiger partial charge in [-0.25, -0.2) is 13.1 Å². The molecule has 152 valence electrons. The van der Waals surface area contributed by atoms with Crippen LogP contribution in [0.5, 0.6) is 0 Å².